The van der Waals surface area contributed by atoms with E-state index in [2.05, 4.69) is 10.3 Å². The molecule has 5 nitrogen and oxygen atoms in total. The van der Waals surface area contributed by atoms with E-state index in [9.17, 15) is 14.0 Å². The van der Waals surface area contributed by atoms with Crippen LogP contribution in [0, 0.1) is 5.82 Å². The van der Waals surface area contributed by atoms with Crippen molar-refractivity contribution < 1.29 is 18.7 Å². The quantitative estimate of drug-likeness (QED) is 0.422. The lowest BCUT2D eigenvalue weighted by molar-refractivity contribution is -0.113. The minimum Gasteiger partial charge on any atom is -0.485 e. The molecule has 0 bridgehead atoms. The molecule has 0 saturated heterocycles. The maximum atomic E-state index is 14.1. The summed E-state index contributed by atoms with van der Waals surface area (Å²) in [6.07, 6.45) is 0. The van der Waals surface area contributed by atoms with Gasteiger partial charge in [0, 0.05) is 15.8 Å². The van der Waals surface area contributed by atoms with E-state index in [4.69, 9.17) is 4.74 Å². The summed E-state index contributed by atoms with van der Waals surface area (Å²) in [6.45, 7) is 1.68. The van der Waals surface area contributed by atoms with E-state index in [-0.39, 0.29) is 17.4 Å². The molecule has 144 valence electrons. The van der Waals surface area contributed by atoms with Gasteiger partial charge < -0.3 is 10.1 Å². The standard InChI is InChI=1S/C20H17FN2O3S2/c1-13(24)14-6-7-19(16(21)8-14)28-11-20(25)23-17-4-2-3-5-18(17)26-9-15-10-27-12-22-15/h2-8,10,12H,9,11H2,1H3,(H,23,25). The topological polar surface area (TPSA) is 68.3 Å². The Morgan fingerprint density at radius 1 is 1.25 bits per heavy atom. The highest BCUT2D eigenvalue weighted by Crippen LogP contribution is 2.26. The molecule has 0 radical (unpaired) electrons. The number of halogens is 1. The minimum absolute atomic E-state index is 0.0246. The smallest absolute Gasteiger partial charge is 0.234 e. The van der Waals surface area contributed by atoms with Crippen molar-refractivity contribution in [3.63, 3.8) is 0 Å². The van der Waals surface area contributed by atoms with Crippen molar-refractivity contribution in [1.82, 2.24) is 4.98 Å². The number of para-hydroxylation sites is 2. The first kappa shape index (κ1) is 20.0. The number of nitrogens with one attached hydrogen (secondary N) is 1. The molecule has 0 spiro atoms. The number of hydrogen-bond acceptors (Lipinski definition) is 6. The molecule has 0 atom stereocenters. The van der Waals surface area contributed by atoms with E-state index in [1.165, 1.54) is 30.4 Å². The minimum atomic E-state index is -0.516. The maximum Gasteiger partial charge on any atom is 0.234 e. The van der Waals surface area contributed by atoms with Crippen LogP contribution in [0.5, 0.6) is 5.75 Å². The number of hydrogen-bond donors (Lipinski definition) is 1. The van der Waals surface area contributed by atoms with E-state index in [1.54, 1.807) is 29.8 Å². The molecule has 1 N–H and O–H groups in total. The molecule has 1 heterocycles. The fourth-order valence-corrected chi connectivity index (χ4v) is 3.59. The molecule has 0 aliphatic rings. The van der Waals surface area contributed by atoms with Gasteiger partial charge in [0.15, 0.2) is 5.78 Å². The zero-order valence-electron chi connectivity index (χ0n) is 15.0. The second-order valence-corrected chi connectivity index (χ2v) is 7.54. The first-order chi connectivity index (χ1) is 13.5. The van der Waals surface area contributed by atoms with Gasteiger partial charge >= 0.3 is 0 Å². The van der Waals surface area contributed by atoms with Gasteiger partial charge in [-0.1, -0.05) is 18.2 Å². The predicted molar refractivity (Wildman–Crippen MR) is 109 cm³/mol. The zero-order chi connectivity index (χ0) is 19.9. The number of rotatable bonds is 8. The van der Waals surface area contributed by atoms with E-state index in [0.29, 0.717) is 28.5 Å². The zero-order valence-corrected chi connectivity index (χ0v) is 16.6. The SMILES string of the molecule is CC(=O)c1ccc(SCC(=O)Nc2ccccc2OCc2cscn2)c(F)c1. The highest BCUT2D eigenvalue weighted by molar-refractivity contribution is 8.00. The van der Waals surface area contributed by atoms with Gasteiger partial charge in [0.05, 0.1) is 22.6 Å². The maximum absolute atomic E-state index is 14.1. The molecular formula is C20H17FN2O3S2. The Balaban J connectivity index is 1.58. The molecule has 3 rings (SSSR count). The molecule has 0 unspecified atom stereocenters. The van der Waals surface area contributed by atoms with Crippen LogP contribution in [-0.2, 0) is 11.4 Å². The normalized spacial score (nSPS) is 10.5. The van der Waals surface area contributed by atoms with Gasteiger partial charge in [-0.05, 0) is 31.2 Å². The summed E-state index contributed by atoms with van der Waals surface area (Å²) >= 11 is 2.55. The summed E-state index contributed by atoms with van der Waals surface area (Å²) in [4.78, 5) is 28.0. The van der Waals surface area contributed by atoms with Crippen LogP contribution < -0.4 is 10.1 Å². The molecule has 0 saturated carbocycles. The third-order valence-electron chi connectivity index (χ3n) is 3.72. The highest BCUT2D eigenvalue weighted by atomic mass is 32.2. The molecule has 3 aromatic rings. The fourth-order valence-electron chi connectivity index (χ4n) is 2.32. The van der Waals surface area contributed by atoms with Crippen LogP contribution in [0.2, 0.25) is 0 Å². The first-order valence-electron chi connectivity index (χ1n) is 8.35. The number of thioether (sulfide) groups is 1. The molecule has 0 aliphatic carbocycles. The molecule has 28 heavy (non-hydrogen) atoms. The van der Waals surface area contributed by atoms with Crippen molar-refractivity contribution >= 4 is 40.5 Å². The van der Waals surface area contributed by atoms with Gasteiger partial charge in [-0.25, -0.2) is 9.37 Å². The second kappa shape index (κ2) is 9.48. The third kappa shape index (κ3) is 5.40. The Hall–Kier alpha value is -2.71. The molecule has 0 aliphatic heterocycles. The number of aromatic nitrogens is 1. The van der Waals surface area contributed by atoms with Gasteiger partial charge in [0.2, 0.25) is 5.91 Å². The van der Waals surface area contributed by atoms with Crippen molar-refractivity contribution in [3.05, 3.63) is 70.4 Å². The molecule has 0 fully saturated rings. The average Bonchev–Trinajstić information content (AvgIpc) is 3.20. The summed E-state index contributed by atoms with van der Waals surface area (Å²) in [5.74, 6) is -0.452. The summed E-state index contributed by atoms with van der Waals surface area (Å²) in [5.41, 5.74) is 3.38. The van der Waals surface area contributed by atoms with Crippen molar-refractivity contribution in [3.8, 4) is 5.75 Å². The number of carbonyl (C=O) groups excluding carboxylic acids is 2. The number of thiazole rings is 1. The van der Waals surface area contributed by atoms with Crippen LogP contribution in [0.3, 0.4) is 0 Å². The Bertz CT molecular complexity index is 977. The predicted octanol–water partition coefficient (Wildman–Crippen LogP) is 4.79. The number of amides is 1. The lowest BCUT2D eigenvalue weighted by Gasteiger charge is -2.12. The fraction of sp³-hybridized carbons (Fsp3) is 0.150. The molecular weight excluding hydrogens is 399 g/mol. The lowest BCUT2D eigenvalue weighted by Crippen LogP contribution is -2.15. The van der Waals surface area contributed by atoms with Gasteiger partial charge in [-0.3, -0.25) is 9.59 Å². The van der Waals surface area contributed by atoms with Crippen molar-refractivity contribution in [2.75, 3.05) is 11.1 Å². The van der Waals surface area contributed by atoms with E-state index >= 15 is 0 Å². The second-order valence-electron chi connectivity index (χ2n) is 5.80. The summed E-state index contributed by atoms with van der Waals surface area (Å²) < 4.78 is 19.8. The van der Waals surface area contributed by atoms with Gasteiger partial charge in [0.1, 0.15) is 18.2 Å². The van der Waals surface area contributed by atoms with Crippen molar-refractivity contribution in [2.24, 2.45) is 0 Å². The lowest BCUT2D eigenvalue weighted by atomic mass is 10.1. The van der Waals surface area contributed by atoms with Crippen LogP contribution in [0.15, 0.2) is 58.3 Å². The summed E-state index contributed by atoms with van der Waals surface area (Å²) in [5, 5.41) is 4.67. The van der Waals surface area contributed by atoms with Crippen molar-refractivity contribution in [2.45, 2.75) is 18.4 Å². The molecule has 1 amide bonds. The van der Waals surface area contributed by atoms with Crippen molar-refractivity contribution in [1.29, 1.82) is 0 Å². The molecule has 2 aromatic carbocycles. The number of carbonyl (C=O) groups is 2. The molecule has 1 aromatic heterocycles. The van der Waals surface area contributed by atoms with Crippen LogP contribution in [0.1, 0.15) is 23.0 Å². The van der Waals surface area contributed by atoms with Gasteiger partial charge in [-0.2, -0.15) is 0 Å². The van der Waals surface area contributed by atoms with Crippen LogP contribution >= 0.6 is 23.1 Å². The number of ketones is 1. The Morgan fingerprint density at radius 2 is 2.07 bits per heavy atom. The number of Topliss-reactive ketones (excluding diaryl/α,β-unsaturated/α-hetero) is 1. The third-order valence-corrected chi connectivity index (χ3v) is 5.40. The Morgan fingerprint density at radius 3 is 2.79 bits per heavy atom. The number of ether oxygens (including phenoxy) is 1. The number of nitrogens with zero attached hydrogens (tertiary/aromatic N) is 1. The van der Waals surface area contributed by atoms with Crippen LogP contribution in [-0.4, -0.2) is 22.4 Å². The number of benzene rings is 2. The van der Waals surface area contributed by atoms with Gasteiger partial charge in [-0.15, -0.1) is 23.1 Å². The Labute approximate surface area is 170 Å². The molecule has 8 heteroatoms. The Kier molecular flexibility index (Phi) is 6.78. The largest absolute Gasteiger partial charge is 0.485 e. The first-order valence-corrected chi connectivity index (χ1v) is 10.3. The number of anilines is 1. The van der Waals surface area contributed by atoms with E-state index in [0.717, 1.165) is 17.5 Å². The average molecular weight is 416 g/mol. The van der Waals surface area contributed by atoms with Crippen LogP contribution in [0.4, 0.5) is 10.1 Å². The summed E-state index contributed by atoms with van der Waals surface area (Å²) in [7, 11) is 0. The monoisotopic (exact) mass is 416 g/mol. The van der Waals surface area contributed by atoms with Gasteiger partial charge in [0.25, 0.3) is 0 Å². The van der Waals surface area contributed by atoms with E-state index < -0.39 is 5.82 Å². The highest BCUT2D eigenvalue weighted by Gasteiger charge is 2.12. The van der Waals surface area contributed by atoms with E-state index in [1.807, 2.05) is 11.4 Å². The van der Waals surface area contributed by atoms with Crippen LogP contribution in [0.25, 0.3) is 0 Å². The summed E-state index contributed by atoms with van der Waals surface area (Å²) in [6, 6.07) is 11.3.